The van der Waals surface area contributed by atoms with Gasteiger partial charge in [0.15, 0.2) is 11.6 Å². The molecule has 13 heteroatoms. The smallest absolute Gasteiger partial charge is 0.296 e. The van der Waals surface area contributed by atoms with Crippen molar-refractivity contribution in [2.75, 3.05) is 18.1 Å². The summed E-state index contributed by atoms with van der Waals surface area (Å²) < 4.78 is 60.9. The average molecular weight is 594 g/mol. The van der Waals surface area contributed by atoms with Crippen LogP contribution in [0.3, 0.4) is 0 Å². The van der Waals surface area contributed by atoms with Gasteiger partial charge in [-0.05, 0) is 48.0 Å². The number of nitrogen functional groups attached to an aromatic ring is 1. The Bertz CT molecular complexity index is 1940. The molecule has 1 aliphatic carbocycles. The average Bonchev–Trinajstić information content (AvgIpc) is 2.93. The number of hydrogen-bond donors (Lipinski definition) is 4. The number of ketones is 2. The van der Waals surface area contributed by atoms with Crippen molar-refractivity contribution in [3.8, 4) is 5.75 Å². The van der Waals surface area contributed by atoms with E-state index < -0.39 is 42.3 Å². The number of aromatic hydroxyl groups is 1. The van der Waals surface area contributed by atoms with Gasteiger partial charge in [0.05, 0.1) is 27.4 Å². The first-order valence-corrected chi connectivity index (χ1v) is 14.9. The highest BCUT2D eigenvalue weighted by Crippen LogP contribution is 2.40. The number of hydrogen-bond acceptors (Lipinski definition) is 9. The monoisotopic (exact) mass is 593 g/mol. The van der Waals surface area contributed by atoms with E-state index >= 15 is 0 Å². The third-order valence-corrected chi connectivity index (χ3v) is 9.37. The van der Waals surface area contributed by atoms with Crippen molar-refractivity contribution in [2.45, 2.75) is 16.3 Å². The van der Waals surface area contributed by atoms with Crippen molar-refractivity contribution in [1.82, 2.24) is 4.31 Å². The Labute approximate surface area is 235 Å². The third kappa shape index (κ3) is 5.07. The number of nitrogens with two attached hydrogens (primary N) is 1. The number of phenolic OH excluding ortho intramolecular Hbond substituents is 1. The lowest BCUT2D eigenvalue weighted by Gasteiger charge is -2.23. The molecule has 0 radical (unpaired) electrons. The van der Waals surface area contributed by atoms with Crippen LogP contribution >= 0.6 is 0 Å². The van der Waals surface area contributed by atoms with Gasteiger partial charge in [-0.2, -0.15) is 12.7 Å². The van der Waals surface area contributed by atoms with E-state index in [0.717, 1.165) is 10.4 Å². The molecule has 0 bridgehead atoms. The van der Waals surface area contributed by atoms with Crippen molar-refractivity contribution in [2.24, 2.45) is 0 Å². The lowest BCUT2D eigenvalue weighted by atomic mass is 9.82. The number of carbonyl (C=O) groups is 2. The first kappa shape index (κ1) is 28.0. The van der Waals surface area contributed by atoms with Crippen LogP contribution in [0, 0.1) is 0 Å². The van der Waals surface area contributed by atoms with Crippen LogP contribution in [-0.4, -0.2) is 49.4 Å². The second kappa shape index (κ2) is 10.1. The molecule has 0 heterocycles. The van der Waals surface area contributed by atoms with Gasteiger partial charge >= 0.3 is 0 Å². The van der Waals surface area contributed by atoms with Gasteiger partial charge in [0.25, 0.3) is 10.1 Å². The van der Waals surface area contributed by atoms with Crippen molar-refractivity contribution in [3.63, 3.8) is 0 Å². The summed E-state index contributed by atoms with van der Waals surface area (Å²) in [6.07, 6.45) is 0. The highest BCUT2D eigenvalue weighted by Gasteiger charge is 2.36. The number of rotatable bonds is 7. The predicted octanol–water partition coefficient (Wildman–Crippen LogP) is 3.56. The van der Waals surface area contributed by atoms with Gasteiger partial charge < -0.3 is 16.2 Å². The molecular weight excluding hydrogens is 570 g/mol. The van der Waals surface area contributed by atoms with Crippen molar-refractivity contribution in [3.05, 3.63) is 107 Å². The normalized spacial score (nSPS) is 13.1. The summed E-state index contributed by atoms with van der Waals surface area (Å²) in [5.41, 5.74) is 6.12. The standard InChI is InChI=1S/C28H23N3O8S2/c1-31(40(35,36)19-12-10-18(32)11-13-19)15-16-6-8-17(9-7-16)30-22-14-23(41(37,38)39)26(29)25-24(22)27(33)20-4-2-3-5-21(20)28(25)34/h2-14,30,32H,15,29H2,1H3,(H,37,38,39). The Hall–Kier alpha value is -4.56. The fourth-order valence-electron chi connectivity index (χ4n) is 4.59. The van der Waals surface area contributed by atoms with E-state index in [-0.39, 0.29) is 45.1 Å². The van der Waals surface area contributed by atoms with E-state index in [1.54, 1.807) is 36.4 Å². The molecule has 0 saturated heterocycles. The SMILES string of the molecule is CN(Cc1ccc(Nc2cc(S(=O)(=O)O)c(N)c3c2C(=O)c2ccccc2C3=O)cc1)S(=O)(=O)c1ccc(O)cc1. The summed E-state index contributed by atoms with van der Waals surface area (Å²) in [6, 6.07) is 18.6. The lowest BCUT2D eigenvalue weighted by Crippen LogP contribution is -2.26. The van der Waals surface area contributed by atoms with Crippen molar-refractivity contribution < 1.29 is 36.1 Å². The van der Waals surface area contributed by atoms with Crippen molar-refractivity contribution >= 4 is 48.8 Å². The van der Waals surface area contributed by atoms with Crippen LogP contribution in [0.2, 0.25) is 0 Å². The largest absolute Gasteiger partial charge is 0.508 e. The molecule has 4 aromatic rings. The number of nitrogens with one attached hydrogen (secondary N) is 1. The molecule has 0 spiro atoms. The zero-order chi connectivity index (χ0) is 29.7. The maximum atomic E-state index is 13.4. The minimum atomic E-state index is -4.86. The highest BCUT2D eigenvalue weighted by atomic mass is 32.2. The quantitative estimate of drug-likeness (QED) is 0.161. The molecule has 1 aliphatic rings. The van der Waals surface area contributed by atoms with Crippen LogP contribution in [0.1, 0.15) is 37.4 Å². The topological polar surface area (TPSA) is 184 Å². The zero-order valence-corrected chi connectivity index (χ0v) is 23.0. The first-order valence-electron chi connectivity index (χ1n) is 12.0. The second-order valence-electron chi connectivity index (χ2n) is 9.34. The molecule has 0 atom stereocenters. The minimum Gasteiger partial charge on any atom is -0.508 e. The summed E-state index contributed by atoms with van der Waals surface area (Å²) in [6.45, 7) is 0.0113. The fourth-order valence-corrected chi connectivity index (χ4v) is 6.40. The number of benzene rings is 4. The van der Waals surface area contributed by atoms with E-state index in [4.69, 9.17) is 5.73 Å². The Morgan fingerprint density at radius 2 is 1.39 bits per heavy atom. The number of anilines is 3. The molecule has 210 valence electrons. The molecule has 5 N–H and O–H groups in total. The van der Waals surface area contributed by atoms with Crippen LogP contribution in [0.25, 0.3) is 0 Å². The summed E-state index contributed by atoms with van der Waals surface area (Å²) in [5, 5.41) is 12.4. The van der Waals surface area contributed by atoms with E-state index in [9.17, 15) is 36.1 Å². The zero-order valence-electron chi connectivity index (χ0n) is 21.4. The number of fused-ring (bicyclic) bond motifs is 2. The summed E-state index contributed by atoms with van der Waals surface area (Å²) in [4.78, 5) is 26.0. The first-order chi connectivity index (χ1) is 19.3. The predicted molar refractivity (Wildman–Crippen MR) is 150 cm³/mol. The molecule has 0 fully saturated rings. The van der Waals surface area contributed by atoms with Gasteiger partial charge in [0.2, 0.25) is 10.0 Å². The van der Waals surface area contributed by atoms with Crippen molar-refractivity contribution in [1.29, 1.82) is 0 Å². The summed E-state index contributed by atoms with van der Waals surface area (Å²) in [7, 11) is -7.29. The fraction of sp³-hybridized carbons (Fsp3) is 0.0714. The maximum Gasteiger partial charge on any atom is 0.296 e. The molecule has 11 nitrogen and oxygen atoms in total. The maximum absolute atomic E-state index is 13.4. The third-order valence-electron chi connectivity index (χ3n) is 6.66. The molecule has 5 rings (SSSR count). The van der Waals surface area contributed by atoms with Crippen LogP contribution in [0.5, 0.6) is 5.75 Å². The van der Waals surface area contributed by atoms with E-state index in [1.165, 1.54) is 43.4 Å². The van der Waals surface area contributed by atoms with Gasteiger partial charge in [-0.3, -0.25) is 14.1 Å². The number of carbonyl (C=O) groups excluding carboxylic acids is 2. The molecule has 0 aromatic heterocycles. The number of sulfonamides is 1. The van der Waals surface area contributed by atoms with Gasteiger partial charge in [-0.25, -0.2) is 8.42 Å². The molecule has 0 amide bonds. The molecule has 0 unspecified atom stereocenters. The Balaban J connectivity index is 1.48. The highest BCUT2D eigenvalue weighted by molar-refractivity contribution is 7.89. The van der Waals surface area contributed by atoms with Gasteiger partial charge in [-0.1, -0.05) is 36.4 Å². The van der Waals surface area contributed by atoms with E-state index in [0.29, 0.717) is 11.3 Å². The Morgan fingerprint density at radius 3 is 1.95 bits per heavy atom. The van der Waals surface area contributed by atoms with Crippen LogP contribution in [-0.2, 0) is 26.7 Å². The Kier molecular flexibility index (Phi) is 6.91. The van der Waals surface area contributed by atoms with Crippen LogP contribution in [0.4, 0.5) is 17.1 Å². The van der Waals surface area contributed by atoms with E-state index in [1.807, 2.05) is 0 Å². The van der Waals surface area contributed by atoms with Gasteiger partial charge in [0.1, 0.15) is 10.6 Å². The molecular formula is C28H23N3O8S2. The minimum absolute atomic E-state index is 0.0113. The molecule has 41 heavy (non-hydrogen) atoms. The lowest BCUT2D eigenvalue weighted by molar-refractivity contribution is 0.0980. The molecule has 4 aromatic carbocycles. The molecule has 0 saturated carbocycles. The molecule has 0 aliphatic heterocycles. The van der Waals surface area contributed by atoms with Crippen LogP contribution in [0.15, 0.2) is 88.7 Å². The number of nitrogens with zero attached hydrogens (tertiary/aromatic N) is 1. The van der Waals surface area contributed by atoms with Gasteiger partial charge in [0, 0.05) is 30.4 Å². The number of phenols is 1. The summed E-state index contributed by atoms with van der Waals surface area (Å²) in [5.74, 6) is -1.27. The Morgan fingerprint density at radius 1 is 0.829 bits per heavy atom. The summed E-state index contributed by atoms with van der Waals surface area (Å²) >= 11 is 0. The van der Waals surface area contributed by atoms with Gasteiger partial charge in [-0.15, -0.1) is 0 Å². The second-order valence-corrected chi connectivity index (χ2v) is 12.8. The van der Waals surface area contributed by atoms with Crippen LogP contribution < -0.4 is 11.1 Å². The van der Waals surface area contributed by atoms with E-state index in [2.05, 4.69) is 5.32 Å².